The van der Waals surface area contributed by atoms with Crippen molar-refractivity contribution in [1.82, 2.24) is 10.3 Å². The molecule has 3 heteroatoms. The van der Waals surface area contributed by atoms with Crippen LogP contribution in [0.25, 0.3) is 6.08 Å². The van der Waals surface area contributed by atoms with Crippen molar-refractivity contribution in [2.45, 2.75) is 45.1 Å². The molecule has 1 N–H and O–H groups in total. The first-order valence-corrected chi connectivity index (χ1v) is 6.79. The topological polar surface area (TPSA) is 24.9 Å². The zero-order valence-corrected chi connectivity index (χ0v) is 11.1. The van der Waals surface area contributed by atoms with Crippen LogP contribution in [0.3, 0.4) is 0 Å². The molecular weight excluding hydrogens is 216 g/mol. The average Bonchev–Trinajstić information content (AvgIpc) is 2.88. The summed E-state index contributed by atoms with van der Waals surface area (Å²) in [4.78, 5) is 4.62. The van der Waals surface area contributed by atoms with Gasteiger partial charge in [-0.15, -0.1) is 11.3 Å². The minimum atomic E-state index is 0.170. The van der Waals surface area contributed by atoms with Crippen LogP contribution in [0.2, 0.25) is 0 Å². The predicted molar refractivity (Wildman–Crippen MR) is 70.9 cm³/mol. The van der Waals surface area contributed by atoms with E-state index in [0.717, 1.165) is 18.3 Å². The highest BCUT2D eigenvalue weighted by molar-refractivity contribution is 7.09. The van der Waals surface area contributed by atoms with Crippen molar-refractivity contribution in [3.05, 3.63) is 22.2 Å². The van der Waals surface area contributed by atoms with Gasteiger partial charge < -0.3 is 5.32 Å². The summed E-state index contributed by atoms with van der Waals surface area (Å²) in [5, 5.41) is 6.80. The Morgan fingerprint density at radius 3 is 2.81 bits per heavy atom. The number of hydrogen-bond acceptors (Lipinski definition) is 3. The normalized spacial score (nSPS) is 17.2. The molecule has 1 aliphatic carbocycles. The number of hydrogen-bond donors (Lipinski definition) is 1. The number of rotatable bonds is 4. The summed E-state index contributed by atoms with van der Waals surface area (Å²) in [6.07, 6.45) is 6.97. The van der Waals surface area contributed by atoms with Gasteiger partial charge in [-0.05, 0) is 18.9 Å². The van der Waals surface area contributed by atoms with Gasteiger partial charge in [0, 0.05) is 23.4 Å². The van der Waals surface area contributed by atoms with E-state index in [1.54, 1.807) is 11.3 Å². The highest BCUT2D eigenvalue weighted by Gasteiger charge is 2.19. The van der Waals surface area contributed by atoms with Crippen LogP contribution in [0.5, 0.6) is 0 Å². The van der Waals surface area contributed by atoms with Crippen molar-refractivity contribution < 1.29 is 0 Å². The SMILES string of the molecule is CC(C)(C)c1nc(/C=C/CNC2CC2)cs1. The van der Waals surface area contributed by atoms with Crippen LogP contribution in [-0.2, 0) is 5.41 Å². The average molecular weight is 236 g/mol. The molecule has 0 amide bonds. The van der Waals surface area contributed by atoms with Gasteiger partial charge in [0.05, 0.1) is 10.7 Å². The summed E-state index contributed by atoms with van der Waals surface area (Å²) < 4.78 is 0. The van der Waals surface area contributed by atoms with Gasteiger partial charge in [0.1, 0.15) is 0 Å². The third-order valence-electron chi connectivity index (χ3n) is 2.55. The molecule has 0 radical (unpaired) electrons. The molecule has 0 aromatic carbocycles. The van der Waals surface area contributed by atoms with Gasteiger partial charge in [0.25, 0.3) is 0 Å². The van der Waals surface area contributed by atoms with Crippen LogP contribution < -0.4 is 5.32 Å². The fourth-order valence-corrected chi connectivity index (χ4v) is 2.28. The zero-order valence-electron chi connectivity index (χ0n) is 10.3. The lowest BCUT2D eigenvalue weighted by Gasteiger charge is -2.13. The Hall–Kier alpha value is -0.670. The van der Waals surface area contributed by atoms with Crippen molar-refractivity contribution in [3.63, 3.8) is 0 Å². The lowest BCUT2D eigenvalue weighted by Crippen LogP contribution is -2.15. The second-order valence-electron chi connectivity index (χ2n) is 5.41. The fourth-order valence-electron chi connectivity index (χ4n) is 1.41. The van der Waals surface area contributed by atoms with E-state index < -0.39 is 0 Å². The molecule has 16 heavy (non-hydrogen) atoms. The lowest BCUT2D eigenvalue weighted by atomic mass is 9.98. The zero-order chi connectivity index (χ0) is 11.6. The maximum absolute atomic E-state index is 4.62. The predicted octanol–water partition coefficient (Wildman–Crippen LogP) is 3.21. The smallest absolute Gasteiger partial charge is 0.0985 e. The van der Waals surface area contributed by atoms with Crippen LogP contribution in [-0.4, -0.2) is 17.6 Å². The minimum absolute atomic E-state index is 0.170. The van der Waals surface area contributed by atoms with E-state index in [9.17, 15) is 0 Å². The van der Waals surface area contributed by atoms with E-state index in [0.29, 0.717) is 0 Å². The first-order valence-electron chi connectivity index (χ1n) is 5.91. The van der Waals surface area contributed by atoms with E-state index in [1.165, 1.54) is 17.8 Å². The number of aromatic nitrogens is 1. The lowest BCUT2D eigenvalue weighted by molar-refractivity contribution is 0.585. The minimum Gasteiger partial charge on any atom is -0.311 e. The van der Waals surface area contributed by atoms with Gasteiger partial charge in [0.2, 0.25) is 0 Å². The van der Waals surface area contributed by atoms with Crippen molar-refractivity contribution in [2.24, 2.45) is 0 Å². The van der Waals surface area contributed by atoms with Gasteiger partial charge in [0.15, 0.2) is 0 Å². The van der Waals surface area contributed by atoms with Gasteiger partial charge >= 0.3 is 0 Å². The summed E-state index contributed by atoms with van der Waals surface area (Å²) in [6, 6.07) is 0.783. The Balaban J connectivity index is 1.86. The van der Waals surface area contributed by atoms with Gasteiger partial charge in [-0.25, -0.2) is 4.98 Å². The third kappa shape index (κ3) is 3.42. The first-order chi connectivity index (χ1) is 7.55. The summed E-state index contributed by atoms with van der Waals surface area (Å²) in [5.74, 6) is 0. The molecule has 0 bridgehead atoms. The molecule has 1 saturated carbocycles. The van der Waals surface area contributed by atoms with Crippen LogP contribution in [0.4, 0.5) is 0 Å². The largest absolute Gasteiger partial charge is 0.311 e. The molecule has 0 atom stereocenters. The van der Waals surface area contributed by atoms with E-state index >= 15 is 0 Å². The Morgan fingerprint density at radius 1 is 1.50 bits per heavy atom. The van der Waals surface area contributed by atoms with Gasteiger partial charge in [-0.2, -0.15) is 0 Å². The van der Waals surface area contributed by atoms with Crippen molar-refractivity contribution in [3.8, 4) is 0 Å². The Labute approximate surface area is 102 Å². The monoisotopic (exact) mass is 236 g/mol. The second kappa shape index (κ2) is 4.68. The van der Waals surface area contributed by atoms with E-state index in [2.05, 4.69) is 48.6 Å². The Kier molecular flexibility index (Phi) is 3.45. The highest BCUT2D eigenvalue weighted by atomic mass is 32.1. The standard InChI is InChI=1S/C13H20N2S/c1-13(2,3)12-15-11(9-16-12)5-4-8-14-10-6-7-10/h4-5,9-10,14H,6-8H2,1-3H3/b5-4+. The molecule has 2 rings (SSSR count). The maximum Gasteiger partial charge on any atom is 0.0985 e. The van der Waals surface area contributed by atoms with E-state index in [-0.39, 0.29) is 5.41 Å². The Morgan fingerprint density at radius 2 is 2.25 bits per heavy atom. The van der Waals surface area contributed by atoms with Crippen LogP contribution >= 0.6 is 11.3 Å². The van der Waals surface area contributed by atoms with Crippen LogP contribution in [0, 0.1) is 0 Å². The molecule has 1 heterocycles. The molecule has 0 unspecified atom stereocenters. The number of nitrogens with one attached hydrogen (secondary N) is 1. The molecule has 1 aromatic rings. The van der Waals surface area contributed by atoms with E-state index in [1.807, 2.05) is 0 Å². The molecule has 2 nitrogen and oxygen atoms in total. The Bertz CT molecular complexity index is 370. The van der Waals surface area contributed by atoms with Crippen molar-refractivity contribution >= 4 is 17.4 Å². The second-order valence-corrected chi connectivity index (χ2v) is 6.27. The summed E-state index contributed by atoms with van der Waals surface area (Å²) in [6.45, 7) is 7.57. The number of nitrogens with zero attached hydrogens (tertiary/aromatic N) is 1. The van der Waals surface area contributed by atoms with Crippen LogP contribution in [0.15, 0.2) is 11.5 Å². The van der Waals surface area contributed by atoms with Gasteiger partial charge in [-0.1, -0.05) is 26.8 Å². The van der Waals surface area contributed by atoms with Crippen molar-refractivity contribution in [2.75, 3.05) is 6.54 Å². The molecule has 88 valence electrons. The summed E-state index contributed by atoms with van der Waals surface area (Å²) in [5.41, 5.74) is 1.26. The maximum atomic E-state index is 4.62. The molecule has 0 aliphatic heterocycles. The van der Waals surface area contributed by atoms with Crippen LogP contribution in [0.1, 0.15) is 44.3 Å². The number of thiazole rings is 1. The fraction of sp³-hybridized carbons (Fsp3) is 0.615. The van der Waals surface area contributed by atoms with E-state index in [4.69, 9.17) is 0 Å². The van der Waals surface area contributed by atoms with Crippen molar-refractivity contribution in [1.29, 1.82) is 0 Å². The molecule has 1 fully saturated rings. The molecule has 0 spiro atoms. The summed E-state index contributed by atoms with van der Waals surface area (Å²) in [7, 11) is 0. The van der Waals surface area contributed by atoms with Gasteiger partial charge in [-0.3, -0.25) is 0 Å². The molecule has 0 saturated heterocycles. The molecule has 1 aliphatic rings. The summed E-state index contributed by atoms with van der Waals surface area (Å²) >= 11 is 1.75. The first kappa shape index (κ1) is 11.8. The quantitative estimate of drug-likeness (QED) is 0.868. The molecule has 1 aromatic heterocycles. The highest BCUT2D eigenvalue weighted by Crippen LogP contribution is 2.25. The third-order valence-corrected chi connectivity index (χ3v) is 3.84. The molecular formula is C13H20N2S.